The quantitative estimate of drug-likeness (QED) is 0.140. The van der Waals surface area contributed by atoms with Crippen molar-refractivity contribution in [3.05, 3.63) is 209 Å². The predicted molar refractivity (Wildman–Crippen MR) is 315 cm³/mol. The molecule has 1 aliphatic rings. The fraction of sp³-hybridized carbons (Fsp3) is 0.265. The van der Waals surface area contributed by atoms with Crippen LogP contribution in [0.5, 0.6) is 0 Å². The molecule has 0 saturated carbocycles. The Kier molecular flexibility index (Phi) is 12.8. The van der Waals surface area contributed by atoms with Gasteiger partial charge in [0.05, 0.1) is 34.1 Å². The summed E-state index contributed by atoms with van der Waals surface area (Å²) >= 11 is 0. The highest BCUT2D eigenvalue weighted by atomic mass is 28.3. The minimum absolute atomic E-state index is 1.26. The van der Waals surface area contributed by atoms with Crippen molar-refractivity contribution < 1.29 is 0 Å². The number of hydrogen-bond acceptors (Lipinski definition) is 2. The van der Waals surface area contributed by atoms with Crippen molar-refractivity contribution >= 4 is 64.7 Å². The summed E-state index contributed by atoms with van der Waals surface area (Å²) in [4.78, 5) is 5.14. The molecule has 0 atom stereocenters. The van der Waals surface area contributed by atoms with Gasteiger partial charge in [-0.3, -0.25) is 0 Å². The Balaban J connectivity index is 1.12. The number of benzene rings is 8. The normalized spacial score (nSPS) is 12.7. The first-order chi connectivity index (χ1) is 33.5. The first-order valence-corrected chi connectivity index (χ1v) is 28.7. The molecule has 0 aromatic heterocycles. The summed E-state index contributed by atoms with van der Waals surface area (Å²) in [6, 6.07) is 42.9. The van der Waals surface area contributed by atoms with Gasteiger partial charge in [-0.15, -0.1) is 0 Å². The molecule has 8 aromatic carbocycles. The van der Waals surface area contributed by atoms with E-state index in [0.717, 1.165) is 0 Å². The molecular weight excluding hydrogens is 873 g/mol. The highest BCUT2D eigenvalue weighted by Gasteiger charge is 2.33. The Morgan fingerprint density at radius 1 is 0.254 bits per heavy atom. The van der Waals surface area contributed by atoms with Crippen LogP contribution in [0.2, 0.25) is 13.1 Å². The zero-order valence-corrected chi connectivity index (χ0v) is 46.9. The van der Waals surface area contributed by atoms with Gasteiger partial charge in [0, 0.05) is 0 Å². The first kappa shape index (κ1) is 49.3. The Labute approximate surface area is 427 Å². The van der Waals surface area contributed by atoms with Crippen LogP contribution >= 0.6 is 0 Å². The van der Waals surface area contributed by atoms with E-state index in [-0.39, 0.29) is 0 Å². The molecule has 8 aromatic rings. The molecule has 71 heavy (non-hydrogen) atoms. The summed E-state index contributed by atoms with van der Waals surface area (Å²) in [7, 11) is -2.25. The molecule has 0 radical (unpaired) electrons. The predicted octanol–water partition coefficient (Wildman–Crippen LogP) is 18.2. The van der Waals surface area contributed by atoms with Crippen molar-refractivity contribution in [3.8, 4) is 22.3 Å². The van der Waals surface area contributed by atoms with Gasteiger partial charge in [-0.2, -0.15) is 0 Å². The Bertz CT molecular complexity index is 3040. The SMILES string of the molecule is Cc1cc(C)c(N(c2c(C)cc(C)cc2C)c2c(C)cc(-c3ccc4c(c3)[Si](C)(C)c3cc(-c5cc(C)c(N(c6c(C)cc(C)cc6C)c6c(C)cc(C)cc6C)c(C)c5)ccc3C=C4)cc2C)c(C)c1. The van der Waals surface area contributed by atoms with Gasteiger partial charge in [0.1, 0.15) is 8.07 Å². The molecule has 0 N–H and O–H groups in total. The lowest BCUT2D eigenvalue weighted by molar-refractivity contribution is 1.14. The second kappa shape index (κ2) is 18.5. The molecule has 2 nitrogen and oxygen atoms in total. The van der Waals surface area contributed by atoms with Crippen LogP contribution in [-0.4, -0.2) is 8.07 Å². The van der Waals surface area contributed by atoms with Crippen LogP contribution in [0.15, 0.2) is 109 Å². The van der Waals surface area contributed by atoms with E-state index in [0.29, 0.717) is 0 Å². The van der Waals surface area contributed by atoms with Gasteiger partial charge in [0.25, 0.3) is 0 Å². The summed E-state index contributed by atoms with van der Waals surface area (Å²) in [6.07, 6.45) is 4.72. The van der Waals surface area contributed by atoms with E-state index < -0.39 is 8.07 Å². The van der Waals surface area contributed by atoms with E-state index in [1.807, 2.05) is 0 Å². The summed E-state index contributed by atoms with van der Waals surface area (Å²) in [5.74, 6) is 0. The molecular formula is C68H74N2Si. The van der Waals surface area contributed by atoms with Crippen molar-refractivity contribution in [2.75, 3.05) is 9.80 Å². The Hall–Kier alpha value is -6.68. The number of fused-ring (bicyclic) bond motifs is 2. The average Bonchev–Trinajstić information content (AvgIpc) is 3.36. The maximum absolute atomic E-state index is 2.57. The number of nitrogens with zero attached hydrogens (tertiary/aromatic N) is 2. The molecule has 9 rings (SSSR count). The lowest BCUT2D eigenvalue weighted by Crippen LogP contribution is -2.54. The van der Waals surface area contributed by atoms with Gasteiger partial charge in [-0.05, 0) is 246 Å². The lowest BCUT2D eigenvalue weighted by Gasteiger charge is -2.34. The molecule has 1 heterocycles. The molecule has 360 valence electrons. The lowest BCUT2D eigenvalue weighted by atomic mass is 9.94. The number of hydrogen-bond donors (Lipinski definition) is 0. The smallest absolute Gasteiger partial charge is 0.113 e. The molecule has 0 spiro atoms. The van der Waals surface area contributed by atoms with Crippen LogP contribution in [0.4, 0.5) is 34.1 Å². The van der Waals surface area contributed by atoms with E-state index in [2.05, 4.69) is 255 Å². The fourth-order valence-corrected chi connectivity index (χ4v) is 16.0. The second-order valence-electron chi connectivity index (χ2n) is 22.1. The number of rotatable bonds is 8. The highest BCUT2D eigenvalue weighted by molar-refractivity contribution is 7.01. The van der Waals surface area contributed by atoms with Gasteiger partial charge in [-0.25, -0.2) is 0 Å². The molecule has 0 saturated heterocycles. The third kappa shape index (κ3) is 8.82. The third-order valence-electron chi connectivity index (χ3n) is 15.4. The van der Waals surface area contributed by atoms with Crippen molar-refractivity contribution in [1.82, 2.24) is 0 Å². The zero-order chi connectivity index (χ0) is 51.1. The summed E-state index contributed by atoms with van der Waals surface area (Å²) in [5.41, 5.74) is 35.9. The van der Waals surface area contributed by atoms with E-state index in [4.69, 9.17) is 0 Å². The van der Waals surface area contributed by atoms with E-state index >= 15 is 0 Å². The minimum Gasteiger partial charge on any atom is -0.309 e. The van der Waals surface area contributed by atoms with Crippen LogP contribution < -0.4 is 20.2 Å². The Morgan fingerprint density at radius 2 is 0.465 bits per heavy atom. The molecule has 3 heteroatoms. The number of aryl methyl sites for hydroxylation is 16. The van der Waals surface area contributed by atoms with Crippen LogP contribution in [-0.2, 0) is 0 Å². The molecule has 0 amide bonds. The third-order valence-corrected chi connectivity index (χ3v) is 19.0. The van der Waals surface area contributed by atoms with Crippen molar-refractivity contribution in [3.63, 3.8) is 0 Å². The van der Waals surface area contributed by atoms with E-state index in [9.17, 15) is 0 Å². The van der Waals surface area contributed by atoms with Crippen molar-refractivity contribution in [2.45, 2.75) is 124 Å². The topological polar surface area (TPSA) is 6.48 Å². The van der Waals surface area contributed by atoms with Crippen molar-refractivity contribution in [2.24, 2.45) is 0 Å². The summed E-state index contributed by atoms with van der Waals surface area (Å²) < 4.78 is 0. The Morgan fingerprint density at radius 3 is 0.690 bits per heavy atom. The molecule has 0 aliphatic carbocycles. The van der Waals surface area contributed by atoms with Crippen molar-refractivity contribution in [1.29, 1.82) is 0 Å². The van der Waals surface area contributed by atoms with Crippen LogP contribution in [0.1, 0.15) is 100 Å². The fourth-order valence-electron chi connectivity index (χ4n) is 12.9. The standard InChI is InChI=1S/C68H74N2Si/c1-39-25-43(5)63(44(6)26-39)69(64-45(7)27-40(2)28-46(64)8)67-51(13)33-59(34-52(67)14)57-23-21-55-19-20-56-22-24-58(38-62(56)71(17,18)61(55)37-57)60-35-53(15)68(54(16)36-60)70(65-47(9)29-41(3)30-48(65)10)66-49(11)31-42(4)32-50(66)12/h19-38H,1-18H3. The van der Waals surface area contributed by atoms with Gasteiger partial charge >= 0.3 is 0 Å². The van der Waals surface area contributed by atoms with Gasteiger partial charge < -0.3 is 9.80 Å². The molecule has 0 fully saturated rings. The number of anilines is 6. The molecule has 0 bridgehead atoms. The average molecular weight is 947 g/mol. The first-order valence-electron chi connectivity index (χ1n) is 25.7. The van der Waals surface area contributed by atoms with Gasteiger partial charge in [-0.1, -0.05) is 132 Å². The second-order valence-corrected chi connectivity index (χ2v) is 26.5. The van der Waals surface area contributed by atoms with E-state index in [1.165, 1.54) is 167 Å². The molecule has 0 unspecified atom stereocenters. The summed E-state index contributed by atoms with van der Waals surface area (Å²) in [5, 5.41) is 2.96. The maximum Gasteiger partial charge on any atom is 0.113 e. The zero-order valence-electron chi connectivity index (χ0n) is 45.9. The monoisotopic (exact) mass is 947 g/mol. The van der Waals surface area contributed by atoms with Crippen LogP contribution in [0.3, 0.4) is 0 Å². The van der Waals surface area contributed by atoms with Gasteiger partial charge in [0.15, 0.2) is 0 Å². The van der Waals surface area contributed by atoms with Crippen LogP contribution in [0, 0.1) is 111 Å². The minimum atomic E-state index is -2.25. The maximum atomic E-state index is 2.57. The largest absolute Gasteiger partial charge is 0.309 e. The van der Waals surface area contributed by atoms with E-state index in [1.54, 1.807) is 0 Å². The van der Waals surface area contributed by atoms with Crippen LogP contribution in [0.25, 0.3) is 34.4 Å². The highest BCUT2D eigenvalue weighted by Crippen LogP contribution is 2.48. The van der Waals surface area contributed by atoms with Gasteiger partial charge in [0.2, 0.25) is 0 Å². The molecule has 1 aliphatic heterocycles. The summed E-state index contributed by atoms with van der Waals surface area (Å²) in [6.45, 7) is 41.3.